The van der Waals surface area contributed by atoms with Crippen LogP contribution in [0, 0.1) is 23.0 Å². The van der Waals surface area contributed by atoms with Crippen LogP contribution >= 0.6 is 11.6 Å². The van der Waals surface area contributed by atoms with E-state index in [0.717, 1.165) is 6.07 Å². The van der Waals surface area contributed by atoms with E-state index in [-0.39, 0.29) is 22.4 Å². The Kier molecular flexibility index (Phi) is 5.68. The summed E-state index contributed by atoms with van der Waals surface area (Å²) < 4.78 is 27.0. The molecular weight excluding hydrogens is 320 g/mol. The zero-order chi connectivity index (χ0) is 16.4. The van der Waals surface area contributed by atoms with Crippen molar-refractivity contribution in [3.05, 3.63) is 32.8 Å². The predicted molar refractivity (Wildman–Crippen MR) is 78.9 cm³/mol. The van der Waals surface area contributed by atoms with Gasteiger partial charge < -0.3 is 5.11 Å². The minimum absolute atomic E-state index is 0.117. The summed E-state index contributed by atoms with van der Waals surface area (Å²) in [7, 11) is -3.94. The van der Waals surface area contributed by atoms with Crippen LogP contribution in [0.25, 0.3) is 0 Å². The molecule has 2 unspecified atom stereocenters. The van der Waals surface area contributed by atoms with E-state index in [1.165, 1.54) is 13.0 Å². The topological polar surface area (TPSA) is 110 Å². The SMILES string of the molecule is Cc1cc(Cl)c([N+](=O)[O-])cc1S(=O)(=O)NC(C)C(C)CO. The number of rotatable bonds is 6. The number of nitro groups is 1. The van der Waals surface area contributed by atoms with E-state index in [0.29, 0.717) is 5.56 Å². The van der Waals surface area contributed by atoms with Crippen molar-refractivity contribution < 1.29 is 18.4 Å². The number of nitrogens with zero attached hydrogens (tertiary/aromatic N) is 1. The molecule has 2 N–H and O–H groups in total. The molecule has 0 radical (unpaired) electrons. The monoisotopic (exact) mass is 336 g/mol. The zero-order valence-electron chi connectivity index (χ0n) is 11.8. The van der Waals surface area contributed by atoms with Gasteiger partial charge in [-0.2, -0.15) is 0 Å². The van der Waals surface area contributed by atoms with Crippen molar-refractivity contribution in [2.75, 3.05) is 6.61 Å². The van der Waals surface area contributed by atoms with Gasteiger partial charge in [-0.25, -0.2) is 13.1 Å². The molecule has 2 atom stereocenters. The van der Waals surface area contributed by atoms with Crippen molar-refractivity contribution in [3.8, 4) is 0 Å². The van der Waals surface area contributed by atoms with Crippen molar-refractivity contribution in [3.63, 3.8) is 0 Å². The van der Waals surface area contributed by atoms with Crippen LogP contribution in [0.4, 0.5) is 5.69 Å². The van der Waals surface area contributed by atoms with Crippen LogP contribution < -0.4 is 4.72 Å². The second-order valence-electron chi connectivity index (χ2n) is 4.90. The van der Waals surface area contributed by atoms with Crippen molar-refractivity contribution in [2.45, 2.75) is 31.7 Å². The fourth-order valence-corrected chi connectivity index (χ4v) is 3.54. The Morgan fingerprint density at radius 3 is 2.48 bits per heavy atom. The van der Waals surface area contributed by atoms with Crippen LogP contribution in [0.3, 0.4) is 0 Å². The van der Waals surface area contributed by atoms with Gasteiger partial charge in [0.25, 0.3) is 5.69 Å². The first-order valence-corrected chi connectivity index (χ1v) is 8.04. The average molecular weight is 337 g/mol. The molecule has 0 aliphatic heterocycles. The third kappa shape index (κ3) is 4.13. The van der Waals surface area contributed by atoms with Gasteiger partial charge in [0.05, 0.1) is 9.82 Å². The normalized spacial score (nSPS) is 14.7. The highest BCUT2D eigenvalue weighted by Gasteiger charge is 2.26. The van der Waals surface area contributed by atoms with Crippen LogP contribution in [0.5, 0.6) is 0 Å². The predicted octanol–water partition coefficient (Wildman–Crippen LogP) is 1.85. The lowest BCUT2D eigenvalue weighted by atomic mass is 10.1. The molecule has 0 saturated heterocycles. The van der Waals surface area contributed by atoms with Gasteiger partial charge in [-0.05, 0) is 31.4 Å². The smallest absolute Gasteiger partial charge is 0.289 e. The van der Waals surface area contributed by atoms with Gasteiger partial charge in [0.15, 0.2) is 0 Å². The summed E-state index contributed by atoms with van der Waals surface area (Å²) in [5, 5.41) is 19.8. The van der Waals surface area contributed by atoms with E-state index in [1.54, 1.807) is 13.8 Å². The van der Waals surface area contributed by atoms with Gasteiger partial charge in [-0.15, -0.1) is 0 Å². The molecule has 0 amide bonds. The van der Waals surface area contributed by atoms with Crippen LogP contribution in [0.1, 0.15) is 19.4 Å². The van der Waals surface area contributed by atoms with Crippen LogP contribution in [-0.4, -0.2) is 31.1 Å². The number of nitro benzene ring substituents is 1. The molecule has 0 heterocycles. The maximum atomic E-state index is 12.3. The molecule has 0 spiro atoms. The Balaban J connectivity index is 3.26. The maximum Gasteiger partial charge on any atom is 0.289 e. The average Bonchev–Trinajstić information content (AvgIpc) is 2.36. The molecule has 0 aromatic heterocycles. The van der Waals surface area contributed by atoms with E-state index >= 15 is 0 Å². The van der Waals surface area contributed by atoms with Crippen molar-refractivity contribution in [2.24, 2.45) is 5.92 Å². The molecule has 0 bridgehead atoms. The number of benzene rings is 1. The third-order valence-electron chi connectivity index (χ3n) is 3.21. The maximum absolute atomic E-state index is 12.3. The van der Waals surface area contributed by atoms with Gasteiger partial charge in [0.1, 0.15) is 5.02 Å². The minimum Gasteiger partial charge on any atom is -0.396 e. The van der Waals surface area contributed by atoms with E-state index in [9.17, 15) is 18.5 Å². The molecule has 1 rings (SSSR count). The van der Waals surface area contributed by atoms with E-state index in [1.807, 2.05) is 0 Å². The highest BCUT2D eigenvalue weighted by molar-refractivity contribution is 7.89. The summed E-state index contributed by atoms with van der Waals surface area (Å²) >= 11 is 5.74. The minimum atomic E-state index is -3.94. The molecule has 118 valence electrons. The Bertz CT molecular complexity index is 647. The number of aliphatic hydroxyl groups excluding tert-OH is 1. The van der Waals surface area contributed by atoms with E-state index in [2.05, 4.69) is 4.72 Å². The molecule has 21 heavy (non-hydrogen) atoms. The summed E-state index contributed by atoms with van der Waals surface area (Å²) in [6.45, 7) is 4.62. The number of aliphatic hydroxyl groups is 1. The standard InChI is InChI=1S/C12H17ClN2O5S/c1-7-4-10(13)11(15(17)18)5-12(7)21(19,20)14-9(3)8(2)6-16/h4-5,8-9,14,16H,6H2,1-3H3. The summed E-state index contributed by atoms with van der Waals surface area (Å²) in [6.07, 6.45) is 0. The Labute approximate surface area is 128 Å². The van der Waals surface area contributed by atoms with Crippen molar-refractivity contribution in [1.29, 1.82) is 0 Å². The van der Waals surface area contributed by atoms with Gasteiger partial charge in [0.2, 0.25) is 10.0 Å². The fraction of sp³-hybridized carbons (Fsp3) is 0.500. The van der Waals surface area contributed by atoms with Crippen molar-refractivity contribution in [1.82, 2.24) is 4.72 Å². The zero-order valence-corrected chi connectivity index (χ0v) is 13.4. The lowest BCUT2D eigenvalue weighted by Gasteiger charge is -2.20. The van der Waals surface area contributed by atoms with Gasteiger partial charge in [-0.3, -0.25) is 10.1 Å². The number of sulfonamides is 1. The number of halogens is 1. The molecule has 1 aromatic carbocycles. The quantitative estimate of drug-likeness (QED) is 0.608. The lowest BCUT2D eigenvalue weighted by molar-refractivity contribution is -0.384. The lowest BCUT2D eigenvalue weighted by Crippen LogP contribution is -2.38. The van der Waals surface area contributed by atoms with Gasteiger partial charge >= 0.3 is 0 Å². The first-order valence-electron chi connectivity index (χ1n) is 6.18. The van der Waals surface area contributed by atoms with E-state index in [4.69, 9.17) is 16.7 Å². The summed E-state index contributed by atoms with van der Waals surface area (Å²) in [4.78, 5) is 9.93. The number of aryl methyl sites for hydroxylation is 1. The largest absolute Gasteiger partial charge is 0.396 e. The highest BCUT2D eigenvalue weighted by atomic mass is 35.5. The molecule has 0 aliphatic rings. The van der Waals surface area contributed by atoms with E-state index < -0.39 is 26.7 Å². The number of hydrogen-bond donors (Lipinski definition) is 2. The van der Waals surface area contributed by atoms with Gasteiger partial charge in [-0.1, -0.05) is 18.5 Å². The second kappa shape index (κ2) is 6.69. The molecular formula is C12H17ClN2O5S. The second-order valence-corrected chi connectivity index (χ2v) is 6.99. The van der Waals surface area contributed by atoms with Crippen LogP contribution in [0.2, 0.25) is 5.02 Å². The molecule has 9 heteroatoms. The Morgan fingerprint density at radius 2 is 2.00 bits per heavy atom. The highest BCUT2D eigenvalue weighted by Crippen LogP contribution is 2.30. The van der Waals surface area contributed by atoms with Crippen LogP contribution in [0.15, 0.2) is 17.0 Å². The molecule has 7 nitrogen and oxygen atoms in total. The van der Waals surface area contributed by atoms with Crippen molar-refractivity contribution >= 4 is 27.3 Å². The third-order valence-corrected chi connectivity index (χ3v) is 5.22. The molecule has 0 aliphatic carbocycles. The van der Waals surface area contributed by atoms with Gasteiger partial charge in [0, 0.05) is 18.7 Å². The summed E-state index contributed by atoms with van der Waals surface area (Å²) in [6, 6.07) is 1.67. The molecule has 0 saturated carbocycles. The Hall–Kier alpha value is -1.22. The summed E-state index contributed by atoms with van der Waals surface area (Å²) in [5.41, 5.74) is -0.160. The number of nitrogens with one attached hydrogen (secondary N) is 1. The fourth-order valence-electron chi connectivity index (χ4n) is 1.65. The van der Waals surface area contributed by atoms with Crippen LogP contribution in [-0.2, 0) is 10.0 Å². The Morgan fingerprint density at radius 1 is 1.43 bits per heavy atom. The first-order chi connectivity index (χ1) is 9.60. The first kappa shape index (κ1) is 17.8. The number of hydrogen-bond acceptors (Lipinski definition) is 5. The molecule has 1 aromatic rings. The summed E-state index contributed by atoms with van der Waals surface area (Å²) in [5.74, 6) is -0.289. The molecule has 0 fully saturated rings.